The van der Waals surface area contributed by atoms with Crippen LogP contribution in [0.5, 0.6) is 11.6 Å². The standard InChI is InChI=1S/C43H59F3N6O9S/c1-9-27(5)51(39(56)57)34-26(4)19-25(3)13-11-12-14-29-22-42(29,38(55)49-62(58,59)41(24-44)17-18-41)48-35(53)32-23-40(6,43(45,46)52(32)37(34)54)61-36-31-16-15-30(60-8)20-28(31)21-33(47-36)50(7)10-2/h12,14-16,20-21,25-27,29,32,34H,9-11,13,17-19,22-24H2,1-8H3,(H,48,53)(H,49,55)(H,56,57)/b14-12-/t25-,26+,27?,29+,32-,34-,40+,42+/m0/s1. The monoisotopic (exact) mass is 892 g/mol. The van der Waals surface area contributed by atoms with Crippen LogP contribution in [0.2, 0.25) is 0 Å². The topological polar surface area (TPSA) is 188 Å². The van der Waals surface area contributed by atoms with Crippen LogP contribution in [0.25, 0.3) is 10.8 Å². The molecule has 4 amide bonds. The SMILES string of the molecule is CCC(C)N(C(=O)O)[C@@H]1C(=O)N2[C@@H](C[C@@](C)(Oc3nc(N(C)CC)cc4cc(OC)ccc34)C2(F)F)C(=O)N[C@]2(C(=O)NS(=O)(=O)C3(CF)CC3)C[C@H]2/C=C\CC[C@H](C)C[C@H]1C. The van der Waals surface area contributed by atoms with E-state index >= 15 is 13.6 Å². The molecule has 1 aromatic carbocycles. The summed E-state index contributed by atoms with van der Waals surface area (Å²) in [7, 11) is -1.33. The number of nitrogens with zero attached hydrogens (tertiary/aromatic N) is 4. The Balaban J connectivity index is 1.50. The fourth-order valence-corrected chi connectivity index (χ4v) is 10.3. The summed E-state index contributed by atoms with van der Waals surface area (Å²) in [5.74, 6) is -4.85. The lowest BCUT2D eigenvalue weighted by Gasteiger charge is -2.42. The van der Waals surface area contributed by atoms with Gasteiger partial charge < -0.3 is 24.8 Å². The average Bonchev–Trinajstić information content (AvgIpc) is 4.14. The molecule has 2 aliphatic carbocycles. The Kier molecular flexibility index (Phi) is 12.8. The average molecular weight is 893 g/mol. The molecule has 4 aliphatic rings. The number of methoxy groups -OCH3 is 1. The predicted octanol–water partition coefficient (Wildman–Crippen LogP) is 6.01. The van der Waals surface area contributed by atoms with Gasteiger partial charge in [-0.15, -0.1) is 0 Å². The number of alkyl halides is 3. The molecule has 0 spiro atoms. The minimum Gasteiger partial charge on any atom is -0.497 e. The van der Waals surface area contributed by atoms with Gasteiger partial charge in [-0.25, -0.2) is 17.6 Å². The van der Waals surface area contributed by atoms with Gasteiger partial charge in [-0.1, -0.05) is 32.9 Å². The molecule has 15 nitrogen and oxygen atoms in total. The molecule has 3 fully saturated rings. The summed E-state index contributed by atoms with van der Waals surface area (Å²) in [5.41, 5.74) is -4.67. The summed E-state index contributed by atoms with van der Waals surface area (Å²) < 4.78 is 88.2. The van der Waals surface area contributed by atoms with Crippen LogP contribution >= 0.6 is 0 Å². The largest absolute Gasteiger partial charge is 0.497 e. The molecule has 62 heavy (non-hydrogen) atoms. The summed E-state index contributed by atoms with van der Waals surface area (Å²) in [6.45, 7) is 8.96. The lowest BCUT2D eigenvalue weighted by atomic mass is 9.86. The minimum absolute atomic E-state index is 0.0152. The van der Waals surface area contributed by atoms with Crippen molar-refractivity contribution < 1.29 is 55.3 Å². The van der Waals surface area contributed by atoms with Gasteiger partial charge in [0.1, 0.15) is 40.6 Å². The summed E-state index contributed by atoms with van der Waals surface area (Å²) in [6.07, 6.45) is 2.44. The van der Waals surface area contributed by atoms with Gasteiger partial charge in [0.05, 0.1) is 7.11 Å². The van der Waals surface area contributed by atoms with Crippen molar-refractivity contribution in [3.63, 3.8) is 0 Å². The van der Waals surface area contributed by atoms with Crippen molar-refractivity contribution in [2.24, 2.45) is 17.8 Å². The van der Waals surface area contributed by atoms with E-state index in [2.05, 4.69) is 10.3 Å². The van der Waals surface area contributed by atoms with E-state index < -0.39 is 98.8 Å². The number of allylic oxidation sites excluding steroid dienone is 1. The van der Waals surface area contributed by atoms with Gasteiger partial charge in [0.2, 0.25) is 21.8 Å². The van der Waals surface area contributed by atoms with Crippen molar-refractivity contribution in [2.75, 3.05) is 32.3 Å². The first kappa shape index (κ1) is 46.7. The van der Waals surface area contributed by atoms with Crippen LogP contribution in [-0.2, 0) is 24.4 Å². The lowest BCUT2D eigenvalue weighted by Crippen LogP contribution is -2.64. The second kappa shape index (κ2) is 17.1. The zero-order valence-corrected chi connectivity index (χ0v) is 37.4. The number of ether oxygens (including phenoxy) is 2. The first-order valence-corrected chi connectivity index (χ1v) is 22.8. The Labute approximate surface area is 360 Å². The molecule has 1 aromatic heterocycles. The zero-order valence-electron chi connectivity index (χ0n) is 36.5. The first-order valence-electron chi connectivity index (χ1n) is 21.3. The number of fused-ring (bicyclic) bond motifs is 3. The Morgan fingerprint density at radius 2 is 1.84 bits per heavy atom. The number of nitrogens with one attached hydrogen (secondary N) is 2. The Morgan fingerprint density at radius 3 is 2.44 bits per heavy atom. The highest BCUT2D eigenvalue weighted by molar-refractivity contribution is 7.91. The molecule has 2 aliphatic heterocycles. The van der Waals surface area contributed by atoms with Gasteiger partial charge in [-0.3, -0.25) is 28.9 Å². The highest BCUT2D eigenvalue weighted by Gasteiger charge is 2.71. The number of carbonyl (C=O) groups excluding carboxylic acids is 3. The van der Waals surface area contributed by atoms with Gasteiger partial charge in [0.25, 0.3) is 11.8 Å². The highest BCUT2D eigenvalue weighted by atomic mass is 32.2. The van der Waals surface area contributed by atoms with E-state index in [0.717, 1.165) is 11.8 Å². The number of carboxylic acid groups (broad SMARTS) is 1. The molecular formula is C43H59F3N6O9S. The van der Waals surface area contributed by atoms with Crippen molar-refractivity contribution in [3.05, 3.63) is 36.4 Å². The molecule has 6 rings (SSSR count). The van der Waals surface area contributed by atoms with E-state index in [-0.39, 0.29) is 48.8 Å². The molecule has 2 aromatic rings. The number of amides is 4. The van der Waals surface area contributed by atoms with E-state index in [1.807, 2.05) is 18.6 Å². The van der Waals surface area contributed by atoms with Crippen LogP contribution < -0.4 is 24.4 Å². The molecule has 0 bridgehead atoms. The van der Waals surface area contributed by atoms with Crippen LogP contribution in [0.15, 0.2) is 36.4 Å². The van der Waals surface area contributed by atoms with Crippen LogP contribution in [0.1, 0.15) is 92.9 Å². The third-order valence-corrected chi connectivity index (χ3v) is 15.6. The molecule has 1 unspecified atom stereocenters. The van der Waals surface area contributed by atoms with Crippen molar-refractivity contribution in [1.82, 2.24) is 24.8 Å². The van der Waals surface area contributed by atoms with E-state index in [1.54, 1.807) is 69.1 Å². The maximum Gasteiger partial charge on any atom is 0.408 e. The van der Waals surface area contributed by atoms with Crippen molar-refractivity contribution in [1.29, 1.82) is 0 Å². The van der Waals surface area contributed by atoms with Gasteiger partial charge in [-0.05, 0) is 107 Å². The third-order valence-electron chi connectivity index (χ3n) is 13.5. The number of hydrogen-bond donors (Lipinski definition) is 3. The van der Waals surface area contributed by atoms with Crippen LogP contribution in [-0.4, -0.2) is 120 Å². The maximum absolute atomic E-state index is 17.9. The van der Waals surface area contributed by atoms with Crippen molar-refractivity contribution in [2.45, 2.75) is 133 Å². The number of rotatable bonds is 12. The molecule has 3 heterocycles. The van der Waals surface area contributed by atoms with Crippen LogP contribution in [0, 0.1) is 17.8 Å². The number of aromatic nitrogens is 1. The molecular weight excluding hydrogens is 834 g/mol. The van der Waals surface area contributed by atoms with Gasteiger partial charge in [-0.2, -0.15) is 13.8 Å². The third kappa shape index (κ3) is 8.25. The zero-order chi connectivity index (χ0) is 45.7. The predicted molar refractivity (Wildman–Crippen MR) is 225 cm³/mol. The lowest BCUT2D eigenvalue weighted by molar-refractivity contribution is -0.219. The molecule has 342 valence electrons. The van der Waals surface area contributed by atoms with Gasteiger partial charge >= 0.3 is 12.1 Å². The Bertz CT molecular complexity index is 2230. The second-order valence-corrected chi connectivity index (χ2v) is 20.0. The summed E-state index contributed by atoms with van der Waals surface area (Å²) in [6, 6.07) is -2.31. The number of pyridine rings is 1. The second-order valence-electron chi connectivity index (χ2n) is 17.9. The number of benzene rings is 1. The minimum atomic E-state index is -4.56. The smallest absolute Gasteiger partial charge is 0.408 e. The number of hydrogen-bond acceptors (Lipinski definition) is 10. The first-order chi connectivity index (χ1) is 29.1. The molecule has 3 N–H and O–H groups in total. The van der Waals surface area contributed by atoms with Crippen LogP contribution in [0.4, 0.5) is 23.8 Å². The molecule has 19 heteroatoms. The quantitative estimate of drug-likeness (QED) is 0.167. The maximum atomic E-state index is 17.9. The molecule has 8 atom stereocenters. The van der Waals surface area contributed by atoms with E-state index in [9.17, 15) is 32.3 Å². The van der Waals surface area contributed by atoms with Crippen LogP contribution in [0.3, 0.4) is 0 Å². The molecule has 2 saturated carbocycles. The summed E-state index contributed by atoms with van der Waals surface area (Å²) in [5, 5.41) is 14.0. The Hall–Kier alpha value is -4.81. The molecule has 1 saturated heterocycles. The number of sulfonamides is 1. The number of halogens is 3. The number of anilines is 1. The Morgan fingerprint density at radius 1 is 1.15 bits per heavy atom. The van der Waals surface area contributed by atoms with E-state index in [1.165, 1.54) is 7.11 Å². The highest BCUT2D eigenvalue weighted by Crippen LogP contribution is 2.52. The van der Waals surface area contributed by atoms with Gasteiger partial charge in [0.15, 0.2) is 5.60 Å². The van der Waals surface area contributed by atoms with E-state index in [0.29, 0.717) is 41.7 Å². The van der Waals surface area contributed by atoms with Gasteiger partial charge in [0, 0.05) is 37.4 Å². The fraction of sp³-hybridized carbons (Fsp3) is 0.651. The van der Waals surface area contributed by atoms with Crippen molar-refractivity contribution in [3.8, 4) is 11.6 Å². The summed E-state index contributed by atoms with van der Waals surface area (Å²) >= 11 is 0. The number of carbonyl (C=O) groups is 4. The fourth-order valence-electron chi connectivity index (χ4n) is 8.90. The van der Waals surface area contributed by atoms with E-state index in [4.69, 9.17) is 9.47 Å². The van der Waals surface area contributed by atoms with Crippen molar-refractivity contribution >= 4 is 50.4 Å². The normalized spacial score (nSPS) is 30.4. The summed E-state index contributed by atoms with van der Waals surface area (Å²) in [4.78, 5) is 64.5. The molecule has 0 radical (unpaired) electrons.